The van der Waals surface area contributed by atoms with Crippen LogP contribution in [0.1, 0.15) is 44.6 Å². The van der Waals surface area contributed by atoms with Crippen molar-refractivity contribution in [2.45, 2.75) is 57.2 Å². The maximum atomic E-state index is 5.66. The molecule has 5 heteroatoms. The van der Waals surface area contributed by atoms with Gasteiger partial charge in [0.2, 0.25) is 0 Å². The standard InChI is InChI=1S/C21H34N4O/c1-16(2)26-14-13-25-11-9-18(10-12-25)23-21(22-3)24-20-15-19(20)17-7-5-4-6-8-17/h4-8,16,18-20H,9-15H2,1-3H3,(H2,22,23,24). The number of nitrogens with zero attached hydrogens (tertiary/aromatic N) is 2. The monoisotopic (exact) mass is 358 g/mol. The molecular weight excluding hydrogens is 324 g/mol. The Kier molecular flexibility index (Phi) is 6.92. The molecule has 1 heterocycles. The molecule has 1 aliphatic heterocycles. The fourth-order valence-corrected chi connectivity index (χ4v) is 3.68. The number of nitrogens with one attached hydrogen (secondary N) is 2. The number of guanidine groups is 1. The van der Waals surface area contributed by atoms with E-state index in [1.807, 2.05) is 7.05 Å². The Balaban J connectivity index is 1.36. The minimum Gasteiger partial charge on any atom is -0.377 e. The number of rotatable bonds is 7. The van der Waals surface area contributed by atoms with Crippen LogP contribution in [0.5, 0.6) is 0 Å². The van der Waals surface area contributed by atoms with Gasteiger partial charge >= 0.3 is 0 Å². The van der Waals surface area contributed by atoms with Crippen LogP contribution < -0.4 is 10.6 Å². The molecule has 2 unspecified atom stereocenters. The molecule has 144 valence electrons. The minimum absolute atomic E-state index is 0.325. The van der Waals surface area contributed by atoms with Crippen LogP contribution in [0.15, 0.2) is 35.3 Å². The lowest BCUT2D eigenvalue weighted by Crippen LogP contribution is -2.49. The second-order valence-corrected chi connectivity index (χ2v) is 7.76. The van der Waals surface area contributed by atoms with Gasteiger partial charge in [-0.3, -0.25) is 4.99 Å². The second-order valence-electron chi connectivity index (χ2n) is 7.76. The van der Waals surface area contributed by atoms with Gasteiger partial charge in [-0.15, -0.1) is 0 Å². The average molecular weight is 359 g/mol. The highest BCUT2D eigenvalue weighted by atomic mass is 16.5. The average Bonchev–Trinajstić information content (AvgIpc) is 3.42. The third-order valence-electron chi connectivity index (χ3n) is 5.35. The van der Waals surface area contributed by atoms with Gasteiger partial charge in [0.05, 0.1) is 12.7 Å². The Bertz CT molecular complexity index is 567. The van der Waals surface area contributed by atoms with Gasteiger partial charge < -0.3 is 20.3 Å². The largest absolute Gasteiger partial charge is 0.377 e. The molecule has 0 spiro atoms. The zero-order valence-corrected chi connectivity index (χ0v) is 16.4. The summed E-state index contributed by atoms with van der Waals surface area (Å²) in [6, 6.07) is 11.8. The van der Waals surface area contributed by atoms with Crippen molar-refractivity contribution in [3.63, 3.8) is 0 Å². The van der Waals surface area contributed by atoms with Crippen molar-refractivity contribution in [1.82, 2.24) is 15.5 Å². The van der Waals surface area contributed by atoms with Crippen molar-refractivity contribution in [2.24, 2.45) is 4.99 Å². The summed E-state index contributed by atoms with van der Waals surface area (Å²) >= 11 is 0. The van der Waals surface area contributed by atoms with Crippen molar-refractivity contribution in [2.75, 3.05) is 33.3 Å². The van der Waals surface area contributed by atoms with E-state index in [-0.39, 0.29) is 0 Å². The molecule has 0 aromatic heterocycles. The van der Waals surface area contributed by atoms with Gasteiger partial charge in [-0.05, 0) is 38.7 Å². The van der Waals surface area contributed by atoms with Gasteiger partial charge in [0.1, 0.15) is 0 Å². The molecule has 1 aliphatic carbocycles. The molecule has 5 nitrogen and oxygen atoms in total. The Morgan fingerprint density at radius 3 is 2.58 bits per heavy atom. The Labute approximate surface area is 158 Å². The van der Waals surface area contributed by atoms with Crippen molar-refractivity contribution in [1.29, 1.82) is 0 Å². The highest BCUT2D eigenvalue weighted by Crippen LogP contribution is 2.40. The van der Waals surface area contributed by atoms with Crippen LogP contribution in [0.4, 0.5) is 0 Å². The Morgan fingerprint density at radius 1 is 1.19 bits per heavy atom. The lowest BCUT2D eigenvalue weighted by Gasteiger charge is -2.33. The first kappa shape index (κ1) is 19.2. The molecule has 1 aromatic carbocycles. The topological polar surface area (TPSA) is 48.9 Å². The van der Waals surface area contributed by atoms with Crippen molar-refractivity contribution < 1.29 is 4.74 Å². The lowest BCUT2D eigenvalue weighted by atomic mass is 10.1. The molecule has 0 radical (unpaired) electrons. The van der Waals surface area contributed by atoms with E-state index < -0.39 is 0 Å². The molecule has 2 N–H and O–H groups in total. The Morgan fingerprint density at radius 2 is 1.92 bits per heavy atom. The zero-order valence-electron chi connectivity index (χ0n) is 16.4. The maximum Gasteiger partial charge on any atom is 0.191 e. The van der Waals surface area contributed by atoms with Crippen LogP contribution in [0.25, 0.3) is 0 Å². The van der Waals surface area contributed by atoms with Gasteiger partial charge in [-0.25, -0.2) is 0 Å². The van der Waals surface area contributed by atoms with Crippen LogP contribution >= 0.6 is 0 Å². The predicted octanol–water partition coefficient (Wildman–Crippen LogP) is 2.60. The van der Waals surface area contributed by atoms with Crippen molar-refractivity contribution in [3.8, 4) is 0 Å². The number of piperidine rings is 1. The van der Waals surface area contributed by atoms with E-state index in [4.69, 9.17) is 4.74 Å². The van der Waals surface area contributed by atoms with Crippen LogP contribution in [0.2, 0.25) is 0 Å². The third kappa shape index (κ3) is 5.71. The number of ether oxygens (including phenoxy) is 1. The van der Waals surface area contributed by atoms with Crippen LogP contribution in [0.3, 0.4) is 0 Å². The van der Waals surface area contributed by atoms with E-state index in [0.717, 1.165) is 45.0 Å². The normalized spacial score (nSPS) is 24.7. The number of hydrogen-bond donors (Lipinski definition) is 2. The zero-order chi connectivity index (χ0) is 18.4. The summed E-state index contributed by atoms with van der Waals surface area (Å²) in [5.74, 6) is 1.58. The van der Waals surface area contributed by atoms with Gasteiger partial charge in [0.15, 0.2) is 5.96 Å². The highest BCUT2D eigenvalue weighted by Gasteiger charge is 2.39. The van der Waals surface area contributed by atoms with Crippen molar-refractivity contribution >= 4 is 5.96 Å². The first-order valence-electron chi connectivity index (χ1n) is 10.0. The molecule has 0 bridgehead atoms. The first-order chi connectivity index (χ1) is 12.7. The predicted molar refractivity (Wildman–Crippen MR) is 108 cm³/mol. The second kappa shape index (κ2) is 9.38. The summed E-state index contributed by atoms with van der Waals surface area (Å²) in [5, 5.41) is 7.22. The van der Waals surface area contributed by atoms with Crippen LogP contribution in [-0.2, 0) is 4.74 Å². The molecule has 3 rings (SSSR count). The smallest absolute Gasteiger partial charge is 0.191 e. The van der Waals surface area contributed by atoms with E-state index in [2.05, 4.69) is 64.7 Å². The number of benzene rings is 1. The molecular formula is C21H34N4O. The summed E-state index contributed by atoms with van der Waals surface area (Å²) < 4.78 is 5.66. The van der Waals surface area contributed by atoms with Gasteiger partial charge in [0.25, 0.3) is 0 Å². The summed E-state index contributed by atoms with van der Waals surface area (Å²) in [5.41, 5.74) is 1.43. The molecule has 1 saturated carbocycles. The first-order valence-corrected chi connectivity index (χ1v) is 10.0. The van der Waals surface area contributed by atoms with Crippen molar-refractivity contribution in [3.05, 3.63) is 35.9 Å². The molecule has 1 saturated heterocycles. The fraction of sp³-hybridized carbons (Fsp3) is 0.667. The number of hydrogen-bond acceptors (Lipinski definition) is 3. The van der Waals surface area contributed by atoms with E-state index in [0.29, 0.717) is 24.1 Å². The van der Waals surface area contributed by atoms with E-state index >= 15 is 0 Å². The third-order valence-corrected chi connectivity index (χ3v) is 5.35. The van der Waals surface area contributed by atoms with E-state index in [1.165, 1.54) is 12.0 Å². The van der Waals surface area contributed by atoms with Crippen LogP contribution in [-0.4, -0.2) is 62.3 Å². The van der Waals surface area contributed by atoms with E-state index in [1.54, 1.807) is 0 Å². The molecule has 2 fully saturated rings. The minimum atomic E-state index is 0.325. The van der Waals surface area contributed by atoms with Gasteiger partial charge in [-0.2, -0.15) is 0 Å². The van der Waals surface area contributed by atoms with Gasteiger partial charge in [0, 0.05) is 44.7 Å². The van der Waals surface area contributed by atoms with Gasteiger partial charge in [-0.1, -0.05) is 30.3 Å². The summed E-state index contributed by atoms with van der Waals surface area (Å²) in [6.45, 7) is 8.33. The SMILES string of the molecule is CN=C(NC1CCN(CCOC(C)C)CC1)NC1CC1c1ccccc1. The molecule has 2 atom stereocenters. The fourth-order valence-electron chi connectivity index (χ4n) is 3.68. The maximum absolute atomic E-state index is 5.66. The number of aliphatic imine (C=N–C) groups is 1. The molecule has 2 aliphatic rings. The molecule has 0 amide bonds. The molecule has 1 aromatic rings. The Hall–Kier alpha value is -1.59. The number of likely N-dealkylation sites (tertiary alicyclic amines) is 1. The lowest BCUT2D eigenvalue weighted by molar-refractivity contribution is 0.0532. The van der Waals surface area contributed by atoms with Crippen LogP contribution in [0, 0.1) is 0 Å². The highest BCUT2D eigenvalue weighted by molar-refractivity contribution is 5.80. The van der Waals surface area contributed by atoms with E-state index in [9.17, 15) is 0 Å². The quantitative estimate of drug-likeness (QED) is 0.581. The summed E-state index contributed by atoms with van der Waals surface area (Å²) in [7, 11) is 1.87. The molecule has 26 heavy (non-hydrogen) atoms. The summed E-state index contributed by atoms with van der Waals surface area (Å²) in [4.78, 5) is 6.94. The summed E-state index contributed by atoms with van der Waals surface area (Å²) in [6.07, 6.45) is 3.84.